The Kier molecular flexibility index (Phi) is 5.41. The van der Waals surface area contributed by atoms with Gasteiger partial charge in [0.2, 0.25) is 0 Å². The Hall–Kier alpha value is -2.32. The number of amides is 1. The van der Waals surface area contributed by atoms with Crippen LogP contribution in [0.5, 0.6) is 0 Å². The van der Waals surface area contributed by atoms with Crippen LogP contribution < -0.4 is 10.6 Å². The number of anilines is 2. The van der Waals surface area contributed by atoms with E-state index in [2.05, 4.69) is 20.6 Å². The monoisotopic (exact) mass is 333 g/mol. The van der Waals surface area contributed by atoms with Gasteiger partial charge in [0, 0.05) is 24.7 Å². The van der Waals surface area contributed by atoms with Gasteiger partial charge in [-0.15, -0.1) is 0 Å². The first-order valence-electron chi connectivity index (χ1n) is 6.88. The van der Waals surface area contributed by atoms with E-state index in [1.165, 1.54) is 6.20 Å². The number of carbonyl (C=O) groups is 1. The second-order valence-corrected chi connectivity index (χ2v) is 5.94. The third kappa shape index (κ3) is 4.33. The Morgan fingerprint density at radius 2 is 1.96 bits per heavy atom. The molecule has 2 aromatic rings. The minimum atomic E-state index is -2.30. The quantitative estimate of drug-likeness (QED) is 0.808. The highest BCUT2D eigenvalue weighted by molar-refractivity contribution is 7.78. The lowest BCUT2D eigenvalue weighted by Gasteiger charge is -2.14. The zero-order valence-corrected chi connectivity index (χ0v) is 13.9. The van der Waals surface area contributed by atoms with Gasteiger partial charge < -0.3 is 15.2 Å². The van der Waals surface area contributed by atoms with E-state index in [0.717, 1.165) is 11.3 Å². The summed E-state index contributed by atoms with van der Waals surface area (Å²) in [6.07, 6.45) is 3.14. The molecule has 0 aliphatic rings. The molecule has 0 saturated heterocycles. The van der Waals surface area contributed by atoms with Gasteiger partial charge in [0.1, 0.15) is 5.69 Å². The molecule has 8 heteroatoms. The fraction of sp³-hybridized carbons (Fsp3) is 0.267. The minimum Gasteiger partial charge on any atom is -0.772 e. The van der Waals surface area contributed by atoms with Gasteiger partial charge in [-0.2, -0.15) is 0 Å². The molecule has 0 bridgehead atoms. The lowest BCUT2D eigenvalue weighted by Crippen LogP contribution is -2.18. The summed E-state index contributed by atoms with van der Waals surface area (Å²) in [5.74, 6) is -0.723. The average molecular weight is 333 g/mol. The second-order valence-electron chi connectivity index (χ2n) is 5.04. The van der Waals surface area contributed by atoms with Gasteiger partial charge in [0.05, 0.1) is 17.6 Å². The molecule has 7 nitrogen and oxygen atoms in total. The number of aryl methyl sites for hydroxylation is 2. The fourth-order valence-corrected chi connectivity index (χ4v) is 2.59. The molecule has 0 spiro atoms. The maximum absolute atomic E-state index is 12.5. The van der Waals surface area contributed by atoms with E-state index in [1.54, 1.807) is 32.3 Å². The molecule has 0 aromatic carbocycles. The Bertz CT molecular complexity index is 764. The number of nitrogens with zero attached hydrogens (tertiary/aromatic N) is 2. The zero-order valence-electron chi connectivity index (χ0n) is 13.0. The van der Waals surface area contributed by atoms with Crippen LogP contribution in [0.4, 0.5) is 11.4 Å². The van der Waals surface area contributed by atoms with E-state index >= 15 is 0 Å². The molecule has 2 rings (SSSR count). The number of aromatic nitrogens is 2. The molecule has 0 radical (unpaired) electrons. The number of carbonyl (C=O) groups excluding carboxylic acids is 1. The van der Waals surface area contributed by atoms with Crippen molar-refractivity contribution in [3.05, 3.63) is 47.0 Å². The molecule has 2 heterocycles. The summed E-state index contributed by atoms with van der Waals surface area (Å²) in [5, 5.41) is 5.69. The third-order valence-electron chi connectivity index (χ3n) is 3.15. The molecule has 0 aliphatic heterocycles. The van der Waals surface area contributed by atoms with Crippen molar-refractivity contribution in [1.82, 2.24) is 9.97 Å². The van der Waals surface area contributed by atoms with E-state index in [0.29, 0.717) is 16.9 Å². The maximum atomic E-state index is 12.5. The fourth-order valence-electron chi connectivity index (χ4n) is 2.12. The molecule has 0 saturated carbocycles. The van der Waals surface area contributed by atoms with Crippen molar-refractivity contribution in [3.8, 4) is 0 Å². The van der Waals surface area contributed by atoms with Crippen molar-refractivity contribution >= 4 is 28.4 Å². The molecular weight excluding hydrogens is 316 g/mol. The van der Waals surface area contributed by atoms with Crippen molar-refractivity contribution in [1.29, 1.82) is 0 Å². The van der Waals surface area contributed by atoms with Crippen molar-refractivity contribution in [2.45, 2.75) is 19.6 Å². The molecule has 0 aliphatic carbocycles. The molecule has 1 amide bonds. The maximum Gasteiger partial charge on any atom is 0.274 e. The van der Waals surface area contributed by atoms with Crippen molar-refractivity contribution in [2.75, 3.05) is 17.7 Å². The summed E-state index contributed by atoms with van der Waals surface area (Å²) < 4.78 is 22.0. The van der Waals surface area contributed by atoms with Crippen molar-refractivity contribution in [2.24, 2.45) is 0 Å². The summed E-state index contributed by atoms with van der Waals surface area (Å²) >= 11 is -2.30. The van der Waals surface area contributed by atoms with E-state index in [4.69, 9.17) is 0 Å². The average Bonchev–Trinajstić information content (AvgIpc) is 2.46. The predicted octanol–water partition coefficient (Wildman–Crippen LogP) is 1.77. The van der Waals surface area contributed by atoms with E-state index in [-0.39, 0.29) is 11.4 Å². The minimum absolute atomic E-state index is 0.0938. The van der Waals surface area contributed by atoms with Gasteiger partial charge in [0.15, 0.2) is 0 Å². The predicted molar refractivity (Wildman–Crippen MR) is 88.1 cm³/mol. The summed E-state index contributed by atoms with van der Waals surface area (Å²) in [5.41, 5.74) is 3.21. The normalized spacial score (nSPS) is 11.8. The summed E-state index contributed by atoms with van der Waals surface area (Å²) in [7, 11) is 1.72. The largest absolute Gasteiger partial charge is 0.772 e. The van der Waals surface area contributed by atoms with E-state index < -0.39 is 17.0 Å². The van der Waals surface area contributed by atoms with Gasteiger partial charge in [-0.3, -0.25) is 19.0 Å². The van der Waals surface area contributed by atoms with Crippen LogP contribution in [0.15, 0.2) is 24.5 Å². The summed E-state index contributed by atoms with van der Waals surface area (Å²) in [6, 6.07) is 3.37. The van der Waals surface area contributed by atoms with Crippen LogP contribution >= 0.6 is 0 Å². The van der Waals surface area contributed by atoms with Gasteiger partial charge in [-0.05, 0) is 31.0 Å². The molecule has 1 atom stereocenters. The zero-order chi connectivity index (χ0) is 17.0. The van der Waals surface area contributed by atoms with Crippen LogP contribution in [0.2, 0.25) is 0 Å². The highest BCUT2D eigenvalue weighted by atomic mass is 32.2. The molecule has 2 N–H and O–H groups in total. The summed E-state index contributed by atoms with van der Waals surface area (Å²) in [6.45, 7) is 3.60. The molecule has 23 heavy (non-hydrogen) atoms. The standard InChI is InChI=1S/C15H18N4O3S/c1-9-4-11(8-23(21)22)14(18-6-9)15(20)19-12-5-10(2)17-7-13(12)16-3/h4-7,16H,8H2,1-3H3,(H,21,22)(H,17,19,20)/p-1. The Labute approximate surface area is 136 Å². The van der Waals surface area contributed by atoms with E-state index in [1.807, 2.05) is 6.92 Å². The highest BCUT2D eigenvalue weighted by Crippen LogP contribution is 2.22. The van der Waals surface area contributed by atoms with Crippen molar-refractivity contribution < 1.29 is 13.6 Å². The molecular formula is C15H17N4O3S-. The first-order valence-corrected chi connectivity index (χ1v) is 8.12. The van der Waals surface area contributed by atoms with Crippen molar-refractivity contribution in [3.63, 3.8) is 0 Å². The van der Waals surface area contributed by atoms with Crippen LogP contribution in [0, 0.1) is 13.8 Å². The van der Waals surface area contributed by atoms with Crippen LogP contribution in [0.3, 0.4) is 0 Å². The molecule has 2 aromatic heterocycles. The lowest BCUT2D eigenvalue weighted by molar-refractivity contribution is 0.102. The van der Waals surface area contributed by atoms with Gasteiger partial charge in [0.25, 0.3) is 5.91 Å². The first kappa shape index (κ1) is 17.0. The Balaban J connectivity index is 2.34. The number of hydrogen-bond acceptors (Lipinski definition) is 6. The topological polar surface area (TPSA) is 107 Å². The molecule has 1 unspecified atom stereocenters. The number of nitrogens with one attached hydrogen (secondary N) is 2. The third-order valence-corrected chi connectivity index (χ3v) is 3.70. The SMILES string of the molecule is CNc1cnc(C)cc1NC(=O)c1ncc(C)cc1CS(=O)[O-]. The molecule has 0 fully saturated rings. The summed E-state index contributed by atoms with van der Waals surface area (Å²) in [4.78, 5) is 20.7. The molecule has 122 valence electrons. The number of rotatable bonds is 5. The van der Waals surface area contributed by atoms with Gasteiger partial charge >= 0.3 is 0 Å². The Morgan fingerprint density at radius 3 is 2.61 bits per heavy atom. The van der Waals surface area contributed by atoms with Crippen LogP contribution in [0.25, 0.3) is 0 Å². The lowest BCUT2D eigenvalue weighted by atomic mass is 10.1. The van der Waals surface area contributed by atoms with Gasteiger partial charge in [-0.25, -0.2) is 0 Å². The van der Waals surface area contributed by atoms with Crippen LogP contribution in [-0.2, 0) is 16.8 Å². The van der Waals surface area contributed by atoms with Crippen LogP contribution in [-0.4, -0.2) is 31.7 Å². The van der Waals surface area contributed by atoms with Gasteiger partial charge in [-0.1, -0.05) is 17.1 Å². The number of pyridine rings is 2. The number of hydrogen-bond donors (Lipinski definition) is 2. The van der Waals surface area contributed by atoms with Crippen LogP contribution in [0.1, 0.15) is 27.3 Å². The van der Waals surface area contributed by atoms with E-state index in [9.17, 15) is 13.6 Å². The first-order chi connectivity index (χ1) is 10.9. The second kappa shape index (κ2) is 7.30. The smallest absolute Gasteiger partial charge is 0.274 e. The highest BCUT2D eigenvalue weighted by Gasteiger charge is 2.15. The Morgan fingerprint density at radius 1 is 1.22 bits per heavy atom.